The monoisotopic (exact) mass is 352 g/mol. The SMILES string of the molecule is C=CC(=O)[O-].C=CC(=O)[O-].C=CC(=O)[O-].[La+3]. The van der Waals surface area contributed by atoms with E-state index in [0.717, 1.165) is 18.2 Å². The van der Waals surface area contributed by atoms with Crippen LogP contribution in [0, 0.1) is 35.6 Å². The van der Waals surface area contributed by atoms with Crippen molar-refractivity contribution in [3.8, 4) is 0 Å². The van der Waals surface area contributed by atoms with Gasteiger partial charge in [0.05, 0.1) is 17.9 Å². The fourth-order valence-corrected chi connectivity index (χ4v) is 0. The first-order chi connectivity index (χ1) is 6.81. The zero-order valence-corrected chi connectivity index (χ0v) is 12.0. The number of carbonyl (C=O) groups excluding carboxylic acids is 3. The van der Waals surface area contributed by atoms with Gasteiger partial charge in [-0.25, -0.2) is 0 Å². The second-order valence-corrected chi connectivity index (χ2v) is 1.57. The molecule has 0 aliphatic carbocycles. The van der Waals surface area contributed by atoms with Gasteiger partial charge >= 0.3 is 35.6 Å². The summed E-state index contributed by atoms with van der Waals surface area (Å²) in [6.45, 7) is 8.69. The van der Waals surface area contributed by atoms with Crippen LogP contribution >= 0.6 is 0 Å². The van der Waals surface area contributed by atoms with Gasteiger partial charge in [0, 0.05) is 0 Å². The molecule has 0 radical (unpaired) electrons. The fourth-order valence-electron chi connectivity index (χ4n) is 0. The smallest absolute Gasteiger partial charge is 0.545 e. The van der Waals surface area contributed by atoms with E-state index in [0.29, 0.717) is 0 Å². The van der Waals surface area contributed by atoms with Gasteiger partial charge in [-0.05, 0) is 18.2 Å². The summed E-state index contributed by atoms with van der Waals surface area (Å²) in [5.74, 6) is -3.69. The minimum atomic E-state index is -1.23. The van der Waals surface area contributed by atoms with Gasteiger partial charge in [-0.2, -0.15) is 0 Å². The summed E-state index contributed by atoms with van der Waals surface area (Å²) in [5, 5.41) is 27.4. The first kappa shape index (κ1) is 24.2. The number of hydrogen-bond donors (Lipinski definition) is 0. The number of carboxylic acids is 3. The maximum absolute atomic E-state index is 9.14. The van der Waals surface area contributed by atoms with Crippen molar-refractivity contribution in [2.24, 2.45) is 0 Å². The Kier molecular flexibility index (Phi) is 29.3. The molecule has 0 fully saturated rings. The normalized spacial score (nSPS) is 6.00. The number of carboxylic acid groups (broad SMARTS) is 3. The van der Waals surface area contributed by atoms with Crippen LogP contribution in [0.4, 0.5) is 0 Å². The molecule has 0 rings (SSSR count). The summed E-state index contributed by atoms with van der Waals surface area (Å²) < 4.78 is 0. The second-order valence-electron chi connectivity index (χ2n) is 1.57. The van der Waals surface area contributed by atoms with Gasteiger partial charge in [-0.3, -0.25) is 0 Å². The van der Waals surface area contributed by atoms with E-state index in [-0.39, 0.29) is 35.6 Å². The molecule has 7 heteroatoms. The second kappa shape index (κ2) is 19.4. The molecule has 0 spiro atoms. The summed E-state index contributed by atoms with van der Waals surface area (Å²) in [6, 6.07) is 0. The zero-order valence-electron chi connectivity index (χ0n) is 8.38. The van der Waals surface area contributed by atoms with Crippen LogP contribution in [0.25, 0.3) is 0 Å². The standard InChI is InChI=1S/3C3H4O2.La/c3*1-2-3(4)5;/h3*2H,1H2,(H,4,5);/q;;;+3/p-3. The molecule has 0 bridgehead atoms. The van der Waals surface area contributed by atoms with E-state index >= 15 is 0 Å². The number of hydrogen-bond acceptors (Lipinski definition) is 6. The Morgan fingerprint density at radius 1 is 0.688 bits per heavy atom. The van der Waals surface area contributed by atoms with Crippen LogP contribution in [-0.4, -0.2) is 17.9 Å². The minimum absolute atomic E-state index is 0. The predicted octanol–water partition coefficient (Wildman–Crippen LogP) is -3.23. The Morgan fingerprint density at radius 3 is 0.750 bits per heavy atom. The fraction of sp³-hybridized carbons (Fsp3) is 0. The van der Waals surface area contributed by atoms with Crippen molar-refractivity contribution >= 4 is 17.9 Å². The van der Waals surface area contributed by atoms with Gasteiger partial charge in [-0.15, -0.1) is 0 Å². The molecule has 0 N–H and O–H groups in total. The van der Waals surface area contributed by atoms with Crippen molar-refractivity contribution in [1.82, 2.24) is 0 Å². The molecule has 0 saturated carbocycles. The molecule has 0 aliphatic rings. The Morgan fingerprint density at radius 2 is 0.750 bits per heavy atom. The summed E-state index contributed by atoms with van der Waals surface area (Å²) in [4.78, 5) is 27.4. The molecule has 0 saturated heterocycles. The van der Waals surface area contributed by atoms with Gasteiger partial charge in [0.1, 0.15) is 0 Å². The molecule has 0 unspecified atom stereocenters. The summed E-state index contributed by atoms with van der Waals surface area (Å²) in [6.07, 6.45) is 2.17. The maximum atomic E-state index is 9.14. The molecule has 0 aliphatic heterocycles. The van der Waals surface area contributed by atoms with Crippen LogP contribution in [-0.2, 0) is 14.4 Å². The average Bonchev–Trinajstić information content (AvgIpc) is 2.19. The van der Waals surface area contributed by atoms with Crippen LogP contribution in [0.15, 0.2) is 38.0 Å². The van der Waals surface area contributed by atoms with Crippen molar-refractivity contribution in [2.75, 3.05) is 0 Å². The molecule has 0 heterocycles. The molecule has 0 atom stereocenters. The van der Waals surface area contributed by atoms with Crippen molar-refractivity contribution in [1.29, 1.82) is 0 Å². The Bertz CT molecular complexity index is 216. The van der Waals surface area contributed by atoms with Crippen molar-refractivity contribution < 1.29 is 65.3 Å². The third kappa shape index (κ3) is 77.0. The topological polar surface area (TPSA) is 120 Å². The van der Waals surface area contributed by atoms with Crippen LogP contribution < -0.4 is 15.3 Å². The van der Waals surface area contributed by atoms with Crippen LogP contribution in [0.3, 0.4) is 0 Å². The quantitative estimate of drug-likeness (QED) is 0.493. The van der Waals surface area contributed by atoms with Gasteiger partial charge in [0.25, 0.3) is 0 Å². The molecular weight excluding hydrogens is 343 g/mol. The third-order valence-corrected chi connectivity index (χ3v) is 0.500. The molecule has 0 aromatic rings. The molecule has 0 aromatic carbocycles. The summed E-state index contributed by atoms with van der Waals surface area (Å²) >= 11 is 0. The van der Waals surface area contributed by atoms with Crippen LogP contribution in [0.5, 0.6) is 0 Å². The largest absolute Gasteiger partial charge is 3.00 e. The van der Waals surface area contributed by atoms with Gasteiger partial charge in [0.2, 0.25) is 0 Å². The van der Waals surface area contributed by atoms with E-state index in [9.17, 15) is 0 Å². The number of rotatable bonds is 3. The first-order valence-corrected chi connectivity index (χ1v) is 3.32. The molecular formula is C9H9LaO6. The molecule has 84 valence electrons. The summed E-state index contributed by atoms with van der Waals surface area (Å²) in [7, 11) is 0. The van der Waals surface area contributed by atoms with E-state index < -0.39 is 17.9 Å². The average molecular weight is 352 g/mol. The minimum Gasteiger partial charge on any atom is -0.545 e. The van der Waals surface area contributed by atoms with Gasteiger partial charge < -0.3 is 29.7 Å². The number of carbonyl (C=O) groups is 3. The van der Waals surface area contributed by atoms with E-state index in [4.69, 9.17) is 29.7 Å². The summed E-state index contributed by atoms with van der Waals surface area (Å²) in [5.41, 5.74) is 0. The molecule has 6 nitrogen and oxygen atoms in total. The van der Waals surface area contributed by atoms with Crippen molar-refractivity contribution in [3.05, 3.63) is 38.0 Å². The van der Waals surface area contributed by atoms with Crippen LogP contribution in [0.2, 0.25) is 0 Å². The third-order valence-electron chi connectivity index (χ3n) is 0.500. The van der Waals surface area contributed by atoms with Crippen molar-refractivity contribution in [2.45, 2.75) is 0 Å². The molecule has 16 heavy (non-hydrogen) atoms. The van der Waals surface area contributed by atoms with Gasteiger partial charge in [-0.1, -0.05) is 19.7 Å². The number of aliphatic carboxylic acids is 3. The predicted molar refractivity (Wildman–Crippen MR) is 45.6 cm³/mol. The van der Waals surface area contributed by atoms with E-state index in [1.165, 1.54) is 0 Å². The molecule has 0 amide bonds. The zero-order chi connectivity index (χ0) is 12.9. The van der Waals surface area contributed by atoms with E-state index in [1.807, 2.05) is 0 Å². The van der Waals surface area contributed by atoms with Crippen LogP contribution in [0.1, 0.15) is 0 Å². The van der Waals surface area contributed by atoms with Crippen molar-refractivity contribution in [3.63, 3.8) is 0 Å². The molecule has 0 aromatic heterocycles. The Balaban J connectivity index is -0.0000000655. The first-order valence-electron chi connectivity index (χ1n) is 3.32. The Hall–Kier alpha value is -1.18. The van der Waals surface area contributed by atoms with Gasteiger partial charge in [0.15, 0.2) is 0 Å². The maximum Gasteiger partial charge on any atom is 3.00 e. The van der Waals surface area contributed by atoms with E-state index in [2.05, 4.69) is 19.7 Å². The Labute approximate surface area is 121 Å². The van der Waals surface area contributed by atoms with E-state index in [1.54, 1.807) is 0 Å².